The van der Waals surface area contributed by atoms with Crippen molar-refractivity contribution in [3.8, 4) is 0 Å². The third-order valence-electron chi connectivity index (χ3n) is 2.83. The highest BCUT2D eigenvalue weighted by atomic mass is 127. The van der Waals surface area contributed by atoms with Crippen LogP contribution in [-0.2, 0) is 4.79 Å². The van der Waals surface area contributed by atoms with Crippen LogP contribution < -0.4 is 0 Å². The Hall–Kier alpha value is -0.380. The van der Waals surface area contributed by atoms with Crippen molar-refractivity contribution < 1.29 is 4.79 Å². The molecule has 1 aromatic rings. The molecule has 0 amide bonds. The first kappa shape index (κ1) is 10.1. The Labute approximate surface area is 98.0 Å². The van der Waals surface area contributed by atoms with Crippen LogP contribution in [0.25, 0.3) is 0 Å². The standard InChI is InChI=1S/C12H13IO/c13-12-10(7-4-8-11(12)14)9-5-2-1-3-6-9/h1-3,5-6,10,12H,4,7-8H2. The molecule has 0 heterocycles. The topological polar surface area (TPSA) is 17.1 Å². The molecule has 1 nitrogen and oxygen atoms in total. The molecule has 0 N–H and O–H groups in total. The minimum Gasteiger partial charge on any atom is -0.299 e. The Morgan fingerprint density at radius 2 is 1.93 bits per heavy atom. The van der Waals surface area contributed by atoms with Gasteiger partial charge in [0.05, 0.1) is 3.92 Å². The van der Waals surface area contributed by atoms with E-state index >= 15 is 0 Å². The van der Waals surface area contributed by atoms with Crippen molar-refractivity contribution in [2.45, 2.75) is 29.1 Å². The maximum Gasteiger partial charge on any atom is 0.146 e. The zero-order valence-electron chi connectivity index (χ0n) is 7.95. The minimum atomic E-state index is 0.184. The van der Waals surface area contributed by atoms with Crippen LogP contribution in [0.5, 0.6) is 0 Å². The average molecular weight is 300 g/mol. The Kier molecular flexibility index (Phi) is 3.21. The number of carbonyl (C=O) groups excluding carboxylic acids is 1. The smallest absolute Gasteiger partial charge is 0.146 e. The van der Waals surface area contributed by atoms with Crippen LogP contribution >= 0.6 is 22.6 Å². The monoisotopic (exact) mass is 300 g/mol. The van der Waals surface area contributed by atoms with Gasteiger partial charge in [0.2, 0.25) is 0 Å². The van der Waals surface area contributed by atoms with Gasteiger partial charge in [0, 0.05) is 12.3 Å². The molecule has 74 valence electrons. The Balaban J connectivity index is 2.22. The van der Waals surface area contributed by atoms with Gasteiger partial charge in [-0.1, -0.05) is 52.9 Å². The van der Waals surface area contributed by atoms with E-state index in [0.717, 1.165) is 19.3 Å². The summed E-state index contributed by atoms with van der Waals surface area (Å²) in [6, 6.07) is 10.4. The van der Waals surface area contributed by atoms with Gasteiger partial charge in [-0.2, -0.15) is 0 Å². The summed E-state index contributed by atoms with van der Waals surface area (Å²) in [4.78, 5) is 11.6. The zero-order valence-corrected chi connectivity index (χ0v) is 10.1. The SMILES string of the molecule is O=C1CCCC(c2ccccc2)C1I. The van der Waals surface area contributed by atoms with E-state index in [0.29, 0.717) is 11.7 Å². The van der Waals surface area contributed by atoms with Gasteiger partial charge in [-0.3, -0.25) is 4.79 Å². The number of halogens is 1. The third-order valence-corrected chi connectivity index (χ3v) is 4.39. The van der Waals surface area contributed by atoms with Crippen molar-refractivity contribution in [3.05, 3.63) is 35.9 Å². The van der Waals surface area contributed by atoms with E-state index in [9.17, 15) is 4.79 Å². The summed E-state index contributed by atoms with van der Waals surface area (Å²) >= 11 is 2.30. The highest BCUT2D eigenvalue weighted by Crippen LogP contribution is 2.35. The number of Topliss-reactive ketones (excluding diaryl/α,β-unsaturated/α-hetero) is 1. The predicted molar refractivity (Wildman–Crippen MR) is 65.8 cm³/mol. The Morgan fingerprint density at radius 1 is 1.21 bits per heavy atom. The number of hydrogen-bond acceptors (Lipinski definition) is 1. The normalized spacial score (nSPS) is 27.6. The fourth-order valence-electron chi connectivity index (χ4n) is 2.04. The van der Waals surface area contributed by atoms with E-state index in [-0.39, 0.29) is 3.92 Å². The van der Waals surface area contributed by atoms with E-state index in [4.69, 9.17) is 0 Å². The summed E-state index contributed by atoms with van der Waals surface area (Å²) in [7, 11) is 0. The molecule has 2 atom stereocenters. The molecule has 14 heavy (non-hydrogen) atoms. The summed E-state index contributed by atoms with van der Waals surface area (Å²) in [5.74, 6) is 0.865. The van der Waals surface area contributed by atoms with Crippen molar-refractivity contribution >= 4 is 28.4 Å². The highest BCUT2D eigenvalue weighted by molar-refractivity contribution is 14.1. The summed E-state index contributed by atoms with van der Waals surface area (Å²) in [6.45, 7) is 0. The number of hydrogen-bond donors (Lipinski definition) is 0. The lowest BCUT2D eigenvalue weighted by Crippen LogP contribution is -2.26. The second-order valence-electron chi connectivity index (χ2n) is 3.78. The molecule has 0 saturated heterocycles. The Bertz CT molecular complexity index is 320. The molecule has 1 aliphatic carbocycles. The lowest BCUT2D eigenvalue weighted by molar-refractivity contribution is -0.119. The maximum absolute atomic E-state index is 11.6. The van der Waals surface area contributed by atoms with Crippen LogP contribution in [0.2, 0.25) is 0 Å². The number of rotatable bonds is 1. The molecule has 1 aromatic carbocycles. The molecule has 0 radical (unpaired) electrons. The van der Waals surface area contributed by atoms with Crippen molar-refractivity contribution in [3.63, 3.8) is 0 Å². The molecule has 0 aliphatic heterocycles. The molecule has 1 saturated carbocycles. The van der Waals surface area contributed by atoms with Crippen LogP contribution in [-0.4, -0.2) is 9.71 Å². The summed E-state index contributed by atoms with van der Waals surface area (Å²) in [5.41, 5.74) is 1.32. The molecular formula is C12H13IO. The first-order valence-electron chi connectivity index (χ1n) is 5.01. The summed E-state index contributed by atoms with van der Waals surface area (Å²) < 4.78 is 0.184. The van der Waals surface area contributed by atoms with Crippen molar-refractivity contribution in [2.24, 2.45) is 0 Å². The van der Waals surface area contributed by atoms with E-state index in [1.165, 1.54) is 5.56 Å². The molecule has 2 rings (SSSR count). The van der Waals surface area contributed by atoms with E-state index < -0.39 is 0 Å². The second kappa shape index (κ2) is 4.43. The van der Waals surface area contributed by atoms with Gasteiger partial charge in [0.1, 0.15) is 5.78 Å². The van der Waals surface area contributed by atoms with Gasteiger partial charge >= 0.3 is 0 Å². The molecule has 2 unspecified atom stereocenters. The van der Waals surface area contributed by atoms with E-state index in [2.05, 4.69) is 46.9 Å². The minimum absolute atomic E-state index is 0.184. The maximum atomic E-state index is 11.6. The highest BCUT2D eigenvalue weighted by Gasteiger charge is 2.30. The molecule has 1 fully saturated rings. The van der Waals surface area contributed by atoms with Crippen LogP contribution in [0.15, 0.2) is 30.3 Å². The predicted octanol–water partition coefficient (Wildman–Crippen LogP) is 3.33. The Morgan fingerprint density at radius 3 is 2.64 bits per heavy atom. The van der Waals surface area contributed by atoms with Crippen LogP contribution in [0.4, 0.5) is 0 Å². The third kappa shape index (κ3) is 2.00. The molecular weight excluding hydrogens is 287 g/mol. The van der Waals surface area contributed by atoms with Crippen molar-refractivity contribution in [2.75, 3.05) is 0 Å². The quantitative estimate of drug-likeness (QED) is 0.574. The number of benzene rings is 1. The number of ketones is 1. The van der Waals surface area contributed by atoms with Crippen molar-refractivity contribution in [1.82, 2.24) is 0 Å². The van der Waals surface area contributed by atoms with Crippen LogP contribution in [0.3, 0.4) is 0 Å². The van der Waals surface area contributed by atoms with Gasteiger partial charge in [-0.05, 0) is 18.4 Å². The van der Waals surface area contributed by atoms with Gasteiger partial charge in [0.15, 0.2) is 0 Å². The van der Waals surface area contributed by atoms with Gasteiger partial charge in [-0.15, -0.1) is 0 Å². The van der Waals surface area contributed by atoms with Crippen molar-refractivity contribution in [1.29, 1.82) is 0 Å². The number of alkyl halides is 1. The average Bonchev–Trinajstić information content (AvgIpc) is 2.23. The van der Waals surface area contributed by atoms with Gasteiger partial charge in [-0.25, -0.2) is 0 Å². The lowest BCUT2D eigenvalue weighted by atomic mass is 9.83. The second-order valence-corrected chi connectivity index (χ2v) is 5.12. The van der Waals surface area contributed by atoms with Gasteiger partial charge < -0.3 is 0 Å². The van der Waals surface area contributed by atoms with Crippen LogP contribution in [0.1, 0.15) is 30.7 Å². The molecule has 1 aliphatic rings. The van der Waals surface area contributed by atoms with Crippen LogP contribution in [0, 0.1) is 0 Å². The van der Waals surface area contributed by atoms with E-state index in [1.54, 1.807) is 0 Å². The lowest BCUT2D eigenvalue weighted by Gasteiger charge is -2.26. The zero-order chi connectivity index (χ0) is 9.97. The largest absolute Gasteiger partial charge is 0.299 e. The number of carbonyl (C=O) groups is 1. The van der Waals surface area contributed by atoms with Gasteiger partial charge in [0.25, 0.3) is 0 Å². The summed E-state index contributed by atoms with van der Waals surface area (Å²) in [6.07, 6.45) is 2.98. The molecule has 2 heteroatoms. The summed E-state index contributed by atoms with van der Waals surface area (Å²) in [5, 5.41) is 0. The fraction of sp³-hybridized carbons (Fsp3) is 0.417. The first-order valence-corrected chi connectivity index (χ1v) is 6.25. The van der Waals surface area contributed by atoms with E-state index in [1.807, 2.05) is 6.07 Å². The molecule has 0 spiro atoms. The molecule has 0 aromatic heterocycles. The first-order chi connectivity index (χ1) is 6.79. The fourth-order valence-corrected chi connectivity index (χ4v) is 3.13. The molecule has 0 bridgehead atoms.